The zero-order valence-electron chi connectivity index (χ0n) is 16.2. The number of aromatic nitrogens is 4. The molecule has 156 valence electrons. The predicted molar refractivity (Wildman–Crippen MR) is 120 cm³/mol. The number of nitrogens with zero attached hydrogens (tertiary/aromatic N) is 3. The van der Waals surface area contributed by atoms with Crippen molar-refractivity contribution in [2.24, 2.45) is 0 Å². The van der Waals surface area contributed by atoms with Gasteiger partial charge in [-0.1, -0.05) is 35.3 Å². The summed E-state index contributed by atoms with van der Waals surface area (Å²) in [5.74, 6) is 0.319. The van der Waals surface area contributed by atoms with Gasteiger partial charge in [0.1, 0.15) is 5.49 Å². The van der Waals surface area contributed by atoms with Crippen LogP contribution in [0.15, 0.2) is 47.4 Å². The van der Waals surface area contributed by atoms with Crippen LogP contribution in [0.1, 0.15) is 11.1 Å². The van der Waals surface area contributed by atoms with Gasteiger partial charge in [-0.15, -0.1) is 0 Å². The number of H-pyrrole nitrogens is 1. The lowest BCUT2D eigenvalue weighted by Gasteiger charge is -2.18. The largest absolute Gasteiger partial charge is 0.333 e. The SMILES string of the molecule is N=c1c2cnc(Nc3ccc4c(c3)CNCC4)nc2[nH]c(=O)n1-c1c(Cl)cccc1Cl. The maximum Gasteiger partial charge on any atom is 0.333 e. The molecule has 3 heterocycles. The number of fused-ring (bicyclic) bond motifs is 2. The van der Waals surface area contributed by atoms with E-state index in [0.29, 0.717) is 11.3 Å². The highest BCUT2D eigenvalue weighted by Gasteiger charge is 2.15. The van der Waals surface area contributed by atoms with Crippen molar-refractivity contribution in [3.63, 3.8) is 0 Å². The maximum atomic E-state index is 12.8. The van der Waals surface area contributed by atoms with Gasteiger partial charge in [-0.3, -0.25) is 10.4 Å². The highest BCUT2D eigenvalue weighted by Crippen LogP contribution is 2.26. The van der Waals surface area contributed by atoms with Gasteiger partial charge in [0.05, 0.1) is 21.1 Å². The molecule has 4 aromatic rings. The number of benzene rings is 2. The minimum Gasteiger partial charge on any atom is -0.324 e. The Balaban J connectivity index is 1.56. The van der Waals surface area contributed by atoms with Crippen LogP contribution in [0, 0.1) is 5.41 Å². The van der Waals surface area contributed by atoms with Crippen molar-refractivity contribution in [1.82, 2.24) is 24.8 Å². The molecule has 0 saturated carbocycles. The summed E-state index contributed by atoms with van der Waals surface area (Å²) in [5.41, 5.74) is 3.21. The summed E-state index contributed by atoms with van der Waals surface area (Å²) < 4.78 is 1.11. The summed E-state index contributed by atoms with van der Waals surface area (Å²) in [5, 5.41) is 15.9. The average Bonchev–Trinajstić information content (AvgIpc) is 2.75. The smallest absolute Gasteiger partial charge is 0.324 e. The number of nitrogens with one attached hydrogen (secondary N) is 4. The van der Waals surface area contributed by atoms with Crippen LogP contribution in [0.3, 0.4) is 0 Å². The quantitative estimate of drug-likeness (QED) is 0.380. The third-order valence-electron chi connectivity index (χ3n) is 5.21. The van der Waals surface area contributed by atoms with E-state index in [1.807, 2.05) is 6.07 Å². The number of halogens is 2. The topological polar surface area (TPSA) is 111 Å². The molecule has 0 saturated heterocycles. The number of aromatic amines is 1. The molecule has 31 heavy (non-hydrogen) atoms. The minimum absolute atomic E-state index is 0.111. The molecular formula is C21H17Cl2N7O. The normalized spacial score (nSPS) is 13.2. The zero-order valence-corrected chi connectivity index (χ0v) is 17.7. The second-order valence-corrected chi connectivity index (χ2v) is 7.99. The van der Waals surface area contributed by atoms with E-state index in [1.54, 1.807) is 18.2 Å². The van der Waals surface area contributed by atoms with Crippen LogP contribution in [0.4, 0.5) is 11.6 Å². The average molecular weight is 454 g/mol. The van der Waals surface area contributed by atoms with Gasteiger partial charge in [-0.2, -0.15) is 4.98 Å². The molecular weight excluding hydrogens is 437 g/mol. The van der Waals surface area contributed by atoms with E-state index >= 15 is 0 Å². The lowest BCUT2D eigenvalue weighted by Crippen LogP contribution is -2.34. The molecule has 8 nitrogen and oxygen atoms in total. The Morgan fingerprint density at radius 2 is 1.94 bits per heavy atom. The van der Waals surface area contributed by atoms with E-state index in [2.05, 4.69) is 37.7 Å². The van der Waals surface area contributed by atoms with Crippen LogP contribution < -0.4 is 21.8 Å². The molecule has 4 N–H and O–H groups in total. The van der Waals surface area contributed by atoms with Gasteiger partial charge in [0.15, 0.2) is 5.65 Å². The molecule has 2 aromatic heterocycles. The van der Waals surface area contributed by atoms with Crippen molar-refractivity contribution in [2.75, 3.05) is 11.9 Å². The molecule has 0 fully saturated rings. The van der Waals surface area contributed by atoms with Gasteiger partial charge >= 0.3 is 5.69 Å². The first-order valence-electron chi connectivity index (χ1n) is 9.62. The first-order valence-corrected chi connectivity index (χ1v) is 10.4. The lowest BCUT2D eigenvalue weighted by molar-refractivity contribution is 0.644. The van der Waals surface area contributed by atoms with Crippen molar-refractivity contribution >= 4 is 45.9 Å². The molecule has 1 aliphatic heterocycles. The first kappa shape index (κ1) is 19.7. The molecule has 1 aliphatic rings. The summed E-state index contributed by atoms with van der Waals surface area (Å²) >= 11 is 12.5. The molecule has 5 rings (SSSR count). The van der Waals surface area contributed by atoms with Crippen molar-refractivity contribution in [3.05, 3.63) is 79.7 Å². The Morgan fingerprint density at radius 1 is 1.13 bits per heavy atom. The molecule has 2 aromatic carbocycles. The first-order chi connectivity index (χ1) is 15.0. The highest BCUT2D eigenvalue weighted by molar-refractivity contribution is 6.37. The van der Waals surface area contributed by atoms with Crippen molar-refractivity contribution in [1.29, 1.82) is 5.41 Å². The molecule has 0 spiro atoms. The van der Waals surface area contributed by atoms with Gasteiger partial charge in [0.2, 0.25) is 5.95 Å². The van der Waals surface area contributed by atoms with E-state index in [9.17, 15) is 4.79 Å². The van der Waals surface area contributed by atoms with E-state index < -0.39 is 5.69 Å². The van der Waals surface area contributed by atoms with Crippen LogP contribution in [-0.4, -0.2) is 26.1 Å². The fourth-order valence-electron chi connectivity index (χ4n) is 3.69. The van der Waals surface area contributed by atoms with Crippen LogP contribution in [0.5, 0.6) is 0 Å². The van der Waals surface area contributed by atoms with Gasteiger partial charge in [-0.25, -0.2) is 14.3 Å². The van der Waals surface area contributed by atoms with Crippen LogP contribution in [-0.2, 0) is 13.0 Å². The Bertz CT molecular complexity index is 1420. The molecule has 0 unspecified atom stereocenters. The summed E-state index contributed by atoms with van der Waals surface area (Å²) in [6, 6.07) is 11.0. The summed E-state index contributed by atoms with van der Waals surface area (Å²) in [6.07, 6.45) is 2.50. The standard InChI is InChI=1S/C21H17Cl2N7O/c22-15-2-1-3-16(23)17(15)30-18(24)14-10-26-20(28-19(14)29-21(30)31)27-13-5-4-11-6-7-25-9-12(11)8-13/h1-5,8,10,24-25H,6-7,9H2,(H2,26,27,28,29,31). The van der Waals surface area contributed by atoms with Crippen molar-refractivity contribution in [3.8, 4) is 5.69 Å². The minimum atomic E-state index is -0.572. The number of para-hydroxylation sites is 1. The monoisotopic (exact) mass is 453 g/mol. The van der Waals surface area contributed by atoms with E-state index in [0.717, 1.165) is 29.8 Å². The third kappa shape index (κ3) is 3.59. The Kier molecular flexibility index (Phi) is 4.97. The summed E-state index contributed by atoms with van der Waals surface area (Å²) in [7, 11) is 0. The molecule has 0 amide bonds. The lowest BCUT2D eigenvalue weighted by atomic mass is 10.0. The second kappa shape index (κ2) is 7.81. The molecule has 10 heteroatoms. The van der Waals surface area contributed by atoms with Gasteiger partial charge in [0.25, 0.3) is 0 Å². The molecule has 0 aliphatic carbocycles. The van der Waals surface area contributed by atoms with Crippen LogP contribution in [0.2, 0.25) is 10.0 Å². The predicted octanol–water partition coefficient (Wildman–Crippen LogP) is 3.28. The maximum absolute atomic E-state index is 12.8. The highest BCUT2D eigenvalue weighted by atomic mass is 35.5. The number of hydrogen-bond acceptors (Lipinski definition) is 6. The zero-order chi connectivity index (χ0) is 21.5. The van der Waals surface area contributed by atoms with Crippen LogP contribution >= 0.6 is 23.2 Å². The number of rotatable bonds is 3. The third-order valence-corrected chi connectivity index (χ3v) is 5.82. The Morgan fingerprint density at radius 3 is 2.74 bits per heavy atom. The fraction of sp³-hybridized carbons (Fsp3) is 0.143. The Hall–Kier alpha value is -3.20. The van der Waals surface area contributed by atoms with Gasteiger partial charge in [0, 0.05) is 18.4 Å². The molecule has 0 bridgehead atoms. The van der Waals surface area contributed by atoms with Crippen LogP contribution in [0.25, 0.3) is 16.7 Å². The fourth-order valence-corrected chi connectivity index (χ4v) is 4.26. The van der Waals surface area contributed by atoms with E-state index in [4.69, 9.17) is 28.6 Å². The second-order valence-electron chi connectivity index (χ2n) is 7.18. The van der Waals surface area contributed by atoms with Gasteiger partial charge < -0.3 is 10.6 Å². The summed E-state index contributed by atoms with van der Waals surface area (Å²) in [4.78, 5) is 24.2. The molecule has 0 radical (unpaired) electrons. The number of hydrogen-bond donors (Lipinski definition) is 4. The number of anilines is 2. The van der Waals surface area contributed by atoms with E-state index in [1.165, 1.54) is 17.3 Å². The van der Waals surface area contributed by atoms with Gasteiger partial charge in [-0.05, 0) is 48.4 Å². The van der Waals surface area contributed by atoms with E-state index in [-0.39, 0.29) is 26.9 Å². The molecule has 0 atom stereocenters. The van der Waals surface area contributed by atoms with Crippen molar-refractivity contribution in [2.45, 2.75) is 13.0 Å². The van der Waals surface area contributed by atoms with Crippen molar-refractivity contribution < 1.29 is 0 Å². The summed E-state index contributed by atoms with van der Waals surface area (Å²) in [6.45, 7) is 1.80. The Labute approximate surface area is 186 Å².